The van der Waals surface area contributed by atoms with E-state index in [0.29, 0.717) is 15.8 Å². The third-order valence-corrected chi connectivity index (χ3v) is 5.75. The van der Waals surface area contributed by atoms with Crippen molar-refractivity contribution in [2.45, 2.75) is 4.21 Å². The summed E-state index contributed by atoms with van der Waals surface area (Å²) in [5.41, 5.74) is 1.17. The summed E-state index contributed by atoms with van der Waals surface area (Å²) in [4.78, 5) is 3.83. The van der Waals surface area contributed by atoms with Crippen LogP contribution in [0.3, 0.4) is 0 Å². The number of hydrogen-bond donors (Lipinski definition) is 1. The molecule has 0 atom stereocenters. The molecule has 0 saturated heterocycles. The van der Waals surface area contributed by atoms with Crippen molar-refractivity contribution < 1.29 is 12.8 Å². The predicted octanol–water partition coefficient (Wildman–Crippen LogP) is 3.86. The zero-order valence-corrected chi connectivity index (χ0v) is 12.9. The lowest BCUT2D eigenvalue weighted by Crippen LogP contribution is -2.11. The number of oxazole rings is 1. The van der Waals surface area contributed by atoms with Crippen molar-refractivity contribution in [3.63, 3.8) is 0 Å². The van der Waals surface area contributed by atoms with E-state index in [9.17, 15) is 8.42 Å². The van der Waals surface area contributed by atoms with E-state index in [1.165, 1.54) is 12.5 Å². The number of aromatic nitrogens is 1. The van der Waals surface area contributed by atoms with Crippen LogP contribution in [-0.4, -0.2) is 13.4 Å². The lowest BCUT2D eigenvalue weighted by atomic mass is 10.2. The molecule has 5 nitrogen and oxygen atoms in total. The van der Waals surface area contributed by atoms with Gasteiger partial charge in [0, 0.05) is 11.3 Å². The van der Waals surface area contributed by atoms with Crippen molar-refractivity contribution in [2.24, 2.45) is 0 Å². The maximum absolute atomic E-state index is 12.2. The highest BCUT2D eigenvalue weighted by molar-refractivity contribution is 7.94. The smallest absolute Gasteiger partial charge is 0.271 e. The van der Waals surface area contributed by atoms with Crippen LogP contribution in [0.2, 0.25) is 4.34 Å². The molecule has 0 amide bonds. The first-order chi connectivity index (χ1) is 10.0. The van der Waals surface area contributed by atoms with E-state index in [2.05, 4.69) is 9.71 Å². The number of nitrogens with one attached hydrogen (secondary N) is 1. The third kappa shape index (κ3) is 3.10. The summed E-state index contributed by atoms with van der Waals surface area (Å²) in [7, 11) is -3.64. The zero-order chi connectivity index (χ0) is 14.9. The molecule has 3 rings (SSSR count). The maximum atomic E-state index is 12.2. The Morgan fingerprint density at radius 3 is 2.76 bits per heavy atom. The lowest BCUT2D eigenvalue weighted by molar-refractivity contribution is 0.572. The number of hydrogen-bond acceptors (Lipinski definition) is 5. The Labute approximate surface area is 130 Å². The lowest BCUT2D eigenvalue weighted by Gasteiger charge is -2.07. The van der Waals surface area contributed by atoms with Crippen molar-refractivity contribution in [1.82, 2.24) is 4.98 Å². The second kappa shape index (κ2) is 5.51. The molecule has 0 unspecified atom stereocenters. The summed E-state index contributed by atoms with van der Waals surface area (Å²) in [5.74, 6) is 0.565. The Hall–Kier alpha value is -1.83. The minimum atomic E-state index is -3.64. The molecule has 0 aliphatic heterocycles. The quantitative estimate of drug-likeness (QED) is 0.782. The zero-order valence-electron chi connectivity index (χ0n) is 10.5. The van der Waals surface area contributed by atoms with Gasteiger partial charge in [-0.3, -0.25) is 4.72 Å². The summed E-state index contributed by atoms with van der Waals surface area (Å²) in [6.45, 7) is 0. The Bertz CT molecular complexity index is 857. The van der Waals surface area contributed by atoms with Gasteiger partial charge in [0.05, 0.1) is 10.5 Å². The third-order valence-electron chi connectivity index (χ3n) is 2.65. The number of rotatable bonds is 4. The van der Waals surface area contributed by atoms with Crippen LogP contribution >= 0.6 is 22.9 Å². The average molecular weight is 341 g/mol. The molecule has 0 radical (unpaired) electrons. The van der Waals surface area contributed by atoms with E-state index in [1.54, 1.807) is 36.5 Å². The molecule has 8 heteroatoms. The number of halogens is 1. The molecule has 0 spiro atoms. The van der Waals surface area contributed by atoms with Gasteiger partial charge < -0.3 is 4.42 Å². The van der Waals surface area contributed by atoms with Gasteiger partial charge in [-0.2, -0.15) is 0 Å². The largest absolute Gasteiger partial charge is 0.444 e. The summed E-state index contributed by atoms with van der Waals surface area (Å²) >= 11 is 6.77. The van der Waals surface area contributed by atoms with E-state index in [1.807, 2.05) is 0 Å². The highest BCUT2D eigenvalue weighted by Crippen LogP contribution is 2.28. The van der Waals surface area contributed by atoms with Gasteiger partial charge in [-0.15, -0.1) is 11.3 Å². The van der Waals surface area contributed by atoms with E-state index in [0.717, 1.165) is 16.9 Å². The monoisotopic (exact) mass is 340 g/mol. The highest BCUT2D eigenvalue weighted by Gasteiger charge is 2.17. The number of anilines is 1. The fourth-order valence-corrected chi connectivity index (χ4v) is 4.27. The van der Waals surface area contributed by atoms with Crippen molar-refractivity contribution in [3.8, 4) is 11.3 Å². The SMILES string of the molecule is O=S(=O)(Nc1cccc(-c2cnco2)c1)c1ccc(Cl)s1. The van der Waals surface area contributed by atoms with E-state index >= 15 is 0 Å². The molecule has 2 heterocycles. The Morgan fingerprint density at radius 1 is 1.24 bits per heavy atom. The van der Waals surface area contributed by atoms with Crippen LogP contribution in [0.1, 0.15) is 0 Å². The van der Waals surface area contributed by atoms with Gasteiger partial charge in [0.15, 0.2) is 12.2 Å². The topological polar surface area (TPSA) is 72.2 Å². The van der Waals surface area contributed by atoms with Gasteiger partial charge in [-0.1, -0.05) is 23.7 Å². The van der Waals surface area contributed by atoms with Gasteiger partial charge in [0.1, 0.15) is 4.21 Å². The Morgan fingerprint density at radius 2 is 2.10 bits per heavy atom. The number of nitrogens with zero attached hydrogens (tertiary/aromatic N) is 1. The molecule has 1 aromatic carbocycles. The molecule has 0 saturated carbocycles. The first-order valence-corrected chi connectivity index (χ1v) is 8.49. The first kappa shape index (κ1) is 14.1. The van der Waals surface area contributed by atoms with Crippen LogP contribution < -0.4 is 4.72 Å². The molecule has 0 aliphatic carbocycles. The van der Waals surface area contributed by atoms with Gasteiger partial charge in [0.25, 0.3) is 10.0 Å². The molecule has 1 N–H and O–H groups in total. The second-order valence-electron chi connectivity index (χ2n) is 4.11. The summed E-state index contributed by atoms with van der Waals surface area (Å²) < 4.78 is 32.7. The Balaban J connectivity index is 1.90. The van der Waals surface area contributed by atoms with E-state index < -0.39 is 10.0 Å². The molecule has 108 valence electrons. The number of thiophene rings is 1. The second-order valence-corrected chi connectivity index (χ2v) is 7.73. The highest BCUT2D eigenvalue weighted by atomic mass is 35.5. The minimum absolute atomic E-state index is 0.164. The van der Waals surface area contributed by atoms with Gasteiger partial charge in [-0.05, 0) is 24.3 Å². The van der Waals surface area contributed by atoms with Crippen molar-refractivity contribution in [2.75, 3.05) is 4.72 Å². The van der Waals surface area contributed by atoms with E-state index in [-0.39, 0.29) is 4.21 Å². The van der Waals surface area contributed by atoms with Crippen molar-refractivity contribution >= 4 is 38.6 Å². The van der Waals surface area contributed by atoms with Crippen LogP contribution in [0.5, 0.6) is 0 Å². The fourth-order valence-electron chi connectivity index (χ4n) is 1.74. The maximum Gasteiger partial charge on any atom is 0.271 e. The molecule has 21 heavy (non-hydrogen) atoms. The Kier molecular flexibility index (Phi) is 3.71. The standard InChI is InChI=1S/C13H9ClN2O3S2/c14-12-4-5-13(20-12)21(17,18)16-10-3-1-2-9(6-10)11-7-15-8-19-11/h1-8,16H. The number of sulfonamides is 1. The molecular weight excluding hydrogens is 332 g/mol. The van der Waals surface area contributed by atoms with Crippen LogP contribution in [0.15, 0.2) is 57.6 Å². The first-order valence-electron chi connectivity index (χ1n) is 5.82. The van der Waals surface area contributed by atoms with Crippen LogP contribution in [0, 0.1) is 0 Å². The van der Waals surface area contributed by atoms with E-state index in [4.69, 9.17) is 16.0 Å². The molecule has 2 aromatic heterocycles. The van der Waals surface area contributed by atoms with Gasteiger partial charge >= 0.3 is 0 Å². The number of benzene rings is 1. The van der Waals surface area contributed by atoms with Crippen LogP contribution in [0.4, 0.5) is 5.69 Å². The molecular formula is C13H9ClN2O3S2. The van der Waals surface area contributed by atoms with Crippen LogP contribution in [-0.2, 0) is 10.0 Å². The molecule has 3 aromatic rings. The van der Waals surface area contributed by atoms with Gasteiger partial charge in [0.2, 0.25) is 0 Å². The molecule has 0 fully saturated rings. The molecule has 0 bridgehead atoms. The van der Waals surface area contributed by atoms with Crippen molar-refractivity contribution in [3.05, 3.63) is 53.3 Å². The predicted molar refractivity (Wildman–Crippen MR) is 82.1 cm³/mol. The normalized spacial score (nSPS) is 11.5. The summed E-state index contributed by atoms with van der Waals surface area (Å²) in [6.07, 6.45) is 2.88. The minimum Gasteiger partial charge on any atom is -0.444 e. The summed E-state index contributed by atoms with van der Waals surface area (Å²) in [6, 6.07) is 9.89. The summed E-state index contributed by atoms with van der Waals surface area (Å²) in [5, 5.41) is 0. The van der Waals surface area contributed by atoms with Crippen molar-refractivity contribution in [1.29, 1.82) is 0 Å². The average Bonchev–Trinajstić information content (AvgIpc) is 3.09. The fraction of sp³-hybridized carbons (Fsp3) is 0. The van der Waals surface area contributed by atoms with Crippen LogP contribution in [0.25, 0.3) is 11.3 Å². The van der Waals surface area contributed by atoms with Gasteiger partial charge in [-0.25, -0.2) is 13.4 Å². The molecule has 0 aliphatic rings.